The molecule has 0 aliphatic heterocycles. The summed E-state index contributed by atoms with van der Waals surface area (Å²) in [6.45, 7) is 13.1. The first-order valence-electron chi connectivity index (χ1n) is 11.6. The Morgan fingerprint density at radius 1 is 1.03 bits per heavy atom. The van der Waals surface area contributed by atoms with E-state index in [0.717, 1.165) is 11.1 Å². The van der Waals surface area contributed by atoms with Crippen molar-refractivity contribution in [3.63, 3.8) is 0 Å². The zero-order valence-electron chi connectivity index (χ0n) is 20.8. The van der Waals surface area contributed by atoms with Crippen LogP contribution in [0.15, 0.2) is 46.3 Å². The minimum absolute atomic E-state index is 0.00485. The molecular formula is C27H33N3O3S. The molecule has 0 unspecified atom stereocenters. The van der Waals surface area contributed by atoms with Gasteiger partial charge in [0.2, 0.25) is 0 Å². The fraction of sp³-hybridized carbons (Fsp3) is 0.407. The first kappa shape index (κ1) is 25.7. The van der Waals surface area contributed by atoms with E-state index < -0.39 is 0 Å². The zero-order valence-corrected chi connectivity index (χ0v) is 21.6. The summed E-state index contributed by atoms with van der Waals surface area (Å²) in [6, 6.07) is 10.8. The van der Waals surface area contributed by atoms with E-state index in [1.165, 1.54) is 11.8 Å². The van der Waals surface area contributed by atoms with E-state index in [1.807, 2.05) is 59.7 Å². The van der Waals surface area contributed by atoms with Crippen molar-refractivity contribution >= 4 is 34.4 Å². The van der Waals surface area contributed by atoms with Crippen molar-refractivity contribution in [1.82, 2.24) is 14.9 Å². The normalized spacial score (nSPS) is 11.4. The first-order valence-corrected chi connectivity index (χ1v) is 12.6. The fourth-order valence-electron chi connectivity index (χ4n) is 3.71. The number of carbonyl (C=O) groups is 2. The van der Waals surface area contributed by atoms with Gasteiger partial charge in [0.05, 0.1) is 16.7 Å². The molecule has 7 heteroatoms. The van der Waals surface area contributed by atoms with Crippen molar-refractivity contribution < 1.29 is 9.59 Å². The van der Waals surface area contributed by atoms with Crippen LogP contribution in [0, 0.1) is 25.7 Å². The van der Waals surface area contributed by atoms with Crippen LogP contribution in [0.5, 0.6) is 0 Å². The Kier molecular flexibility index (Phi) is 8.31. The average molecular weight is 480 g/mol. The van der Waals surface area contributed by atoms with Crippen LogP contribution in [0.1, 0.15) is 59.5 Å². The standard InChI is InChI=1S/C27H33N3O3S/c1-16(2)13-28-25(32)20-8-10-22-23(12-20)29-27(30(26(22)33)14-17(3)4)34-15-24(31)21-9-7-18(5)11-19(21)6/h7-12,16-17H,13-15H2,1-6H3,(H,28,32). The van der Waals surface area contributed by atoms with Gasteiger partial charge in [0.15, 0.2) is 10.9 Å². The maximum absolute atomic E-state index is 13.3. The highest BCUT2D eigenvalue weighted by molar-refractivity contribution is 7.99. The molecule has 0 spiro atoms. The van der Waals surface area contributed by atoms with Crippen LogP contribution in [0.3, 0.4) is 0 Å². The molecule has 2 aromatic carbocycles. The second-order valence-corrected chi connectivity index (χ2v) is 10.5. The molecule has 1 N–H and O–H groups in total. The van der Waals surface area contributed by atoms with E-state index in [2.05, 4.69) is 5.32 Å². The molecule has 3 rings (SSSR count). The lowest BCUT2D eigenvalue weighted by Gasteiger charge is -2.15. The number of carbonyl (C=O) groups excluding carboxylic acids is 2. The minimum Gasteiger partial charge on any atom is -0.352 e. The zero-order chi connectivity index (χ0) is 25.0. The van der Waals surface area contributed by atoms with Gasteiger partial charge in [0.25, 0.3) is 11.5 Å². The van der Waals surface area contributed by atoms with Gasteiger partial charge in [-0.1, -0.05) is 63.2 Å². The van der Waals surface area contributed by atoms with E-state index in [4.69, 9.17) is 4.98 Å². The predicted molar refractivity (Wildman–Crippen MR) is 139 cm³/mol. The van der Waals surface area contributed by atoms with E-state index in [0.29, 0.717) is 46.2 Å². The number of ketones is 1. The molecular weight excluding hydrogens is 446 g/mol. The second-order valence-electron chi connectivity index (χ2n) is 9.57. The number of benzene rings is 2. The number of hydrogen-bond acceptors (Lipinski definition) is 5. The number of aryl methyl sites for hydroxylation is 2. The Balaban J connectivity index is 1.96. The van der Waals surface area contributed by atoms with Crippen LogP contribution in [0.4, 0.5) is 0 Å². The van der Waals surface area contributed by atoms with E-state index >= 15 is 0 Å². The summed E-state index contributed by atoms with van der Waals surface area (Å²) in [4.78, 5) is 43.5. The third kappa shape index (κ3) is 6.14. The van der Waals surface area contributed by atoms with Crippen molar-refractivity contribution in [1.29, 1.82) is 0 Å². The van der Waals surface area contributed by atoms with Gasteiger partial charge in [-0.05, 0) is 49.4 Å². The van der Waals surface area contributed by atoms with Crippen LogP contribution in [0.25, 0.3) is 10.9 Å². The molecule has 34 heavy (non-hydrogen) atoms. The summed E-state index contributed by atoms with van der Waals surface area (Å²) in [5.74, 6) is 0.544. The molecule has 1 aromatic heterocycles. The molecule has 180 valence electrons. The van der Waals surface area contributed by atoms with Crippen molar-refractivity contribution in [2.75, 3.05) is 12.3 Å². The van der Waals surface area contributed by atoms with Gasteiger partial charge in [-0.2, -0.15) is 0 Å². The van der Waals surface area contributed by atoms with Gasteiger partial charge in [-0.15, -0.1) is 0 Å². The highest BCUT2D eigenvalue weighted by Crippen LogP contribution is 2.22. The molecule has 1 heterocycles. The van der Waals surface area contributed by atoms with Gasteiger partial charge >= 0.3 is 0 Å². The average Bonchev–Trinajstić information content (AvgIpc) is 2.77. The third-order valence-corrected chi connectivity index (χ3v) is 6.39. The molecule has 0 radical (unpaired) electrons. The van der Waals surface area contributed by atoms with Crippen molar-refractivity contribution in [2.24, 2.45) is 11.8 Å². The van der Waals surface area contributed by atoms with Crippen molar-refractivity contribution in [3.05, 3.63) is 69.0 Å². The molecule has 0 saturated carbocycles. The lowest BCUT2D eigenvalue weighted by molar-refractivity contribution is 0.0948. The highest BCUT2D eigenvalue weighted by Gasteiger charge is 2.17. The largest absolute Gasteiger partial charge is 0.352 e. The molecule has 0 aliphatic carbocycles. The Morgan fingerprint density at radius 3 is 2.41 bits per heavy atom. The lowest BCUT2D eigenvalue weighted by atomic mass is 10.0. The molecule has 1 amide bonds. The number of thioether (sulfide) groups is 1. The number of fused-ring (bicyclic) bond motifs is 1. The Labute approximate surface area is 205 Å². The quantitative estimate of drug-likeness (QED) is 0.264. The summed E-state index contributed by atoms with van der Waals surface area (Å²) >= 11 is 1.26. The first-order chi connectivity index (χ1) is 16.1. The van der Waals surface area contributed by atoms with Gasteiger partial charge in [0, 0.05) is 24.2 Å². The summed E-state index contributed by atoms with van der Waals surface area (Å²) in [5, 5.41) is 3.85. The van der Waals surface area contributed by atoms with Crippen molar-refractivity contribution in [3.8, 4) is 0 Å². The lowest BCUT2D eigenvalue weighted by Crippen LogP contribution is -2.28. The maximum atomic E-state index is 13.3. The smallest absolute Gasteiger partial charge is 0.262 e. The van der Waals surface area contributed by atoms with Crippen LogP contribution >= 0.6 is 11.8 Å². The van der Waals surface area contributed by atoms with Crippen LogP contribution in [-0.2, 0) is 6.54 Å². The number of amides is 1. The minimum atomic E-state index is -0.192. The molecule has 6 nitrogen and oxygen atoms in total. The Bertz CT molecular complexity index is 1280. The number of nitrogens with one attached hydrogen (secondary N) is 1. The fourth-order valence-corrected chi connectivity index (χ4v) is 4.60. The van der Waals surface area contributed by atoms with E-state index in [9.17, 15) is 14.4 Å². The SMILES string of the molecule is Cc1ccc(C(=O)CSc2nc3cc(C(=O)NCC(C)C)ccc3c(=O)n2CC(C)C)c(C)c1. The Hall–Kier alpha value is -2.93. The summed E-state index contributed by atoms with van der Waals surface area (Å²) < 4.78 is 1.64. The van der Waals surface area contributed by atoms with Gasteiger partial charge in [-0.25, -0.2) is 4.98 Å². The molecule has 0 saturated heterocycles. The molecule has 0 bridgehead atoms. The highest BCUT2D eigenvalue weighted by atomic mass is 32.2. The number of rotatable bonds is 9. The van der Waals surface area contributed by atoms with Crippen LogP contribution in [0.2, 0.25) is 0 Å². The summed E-state index contributed by atoms with van der Waals surface area (Å²) in [7, 11) is 0. The number of aromatic nitrogens is 2. The summed E-state index contributed by atoms with van der Waals surface area (Å²) in [6.07, 6.45) is 0. The van der Waals surface area contributed by atoms with Gasteiger partial charge in [-0.3, -0.25) is 19.0 Å². The van der Waals surface area contributed by atoms with Crippen molar-refractivity contribution in [2.45, 2.75) is 53.2 Å². The van der Waals surface area contributed by atoms with Crippen LogP contribution < -0.4 is 10.9 Å². The second kappa shape index (κ2) is 11.0. The van der Waals surface area contributed by atoms with E-state index in [1.54, 1.807) is 22.8 Å². The monoisotopic (exact) mass is 479 g/mol. The maximum Gasteiger partial charge on any atom is 0.262 e. The number of nitrogens with zero attached hydrogens (tertiary/aromatic N) is 2. The van der Waals surface area contributed by atoms with Crippen LogP contribution in [-0.4, -0.2) is 33.5 Å². The molecule has 0 aliphatic rings. The summed E-state index contributed by atoms with van der Waals surface area (Å²) in [5.41, 5.74) is 3.49. The number of hydrogen-bond donors (Lipinski definition) is 1. The topological polar surface area (TPSA) is 81.1 Å². The van der Waals surface area contributed by atoms with Gasteiger partial charge in [0.1, 0.15) is 0 Å². The van der Waals surface area contributed by atoms with E-state index in [-0.39, 0.29) is 28.9 Å². The molecule has 0 fully saturated rings. The molecule has 3 aromatic rings. The third-order valence-electron chi connectivity index (χ3n) is 5.42. The predicted octanol–water partition coefficient (Wildman–Crippen LogP) is 5.03. The number of Topliss-reactive ketones (excluding diaryl/α,β-unsaturated/α-hetero) is 1. The Morgan fingerprint density at radius 2 is 1.76 bits per heavy atom. The molecule has 0 atom stereocenters. The van der Waals surface area contributed by atoms with Gasteiger partial charge < -0.3 is 5.32 Å².